The second-order valence-corrected chi connectivity index (χ2v) is 4.39. The summed E-state index contributed by atoms with van der Waals surface area (Å²) in [6.45, 7) is 1.59. The molecule has 0 aromatic heterocycles. The van der Waals surface area contributed by atoms with Gasteiger partial charge in [-0.15, -0.1) is 0 Å². The van der Waals surface area contributed by atoms with Gasteiger partial charge in [-0.1, -0.05) is 18.2 Å². The SMILES string of the molecule is C[C@@H](N)c1cccc(F)c1Oc1c(F)cccc1[N+](=O)[O-]. The molecule has 0 radical (unpaired) electrons. The molecule has 0 saturated carbocycles. The van der Waals surface area contributed by atoms with Crippen LogP contribution in [0.25, 0.3) is 0 Å². The molecule has 2 rings (SSSR count). The molecule has 2 N–H and O–H groups in total. The summed E-state index contributed by atoms with van der Waals surface area (Å²) in [6, 6.07) is 6.70. The molecule has 7 heteroatoms. The van der Waals surface area contributed by atoms with E-state index in [-0.39, 0.29) is 11.3 Å². The van der Waals surface area contributed by atoms with Crippen LogP contribution < -0.4 is 10.5 Å². The van der Waals surface area contributed by atoms with Gasteiger partial charge in [0.2, 0.25) is 5.75 Å². The van der Waals surface area contributed by atoms with Crippen molar-refractivity contribution in [3.05, 3.63) is 63.7 Å². The maximum Gasteiger partial charge on any atom is 0.314 e. The topological polar surface area (TPSA) is 78.4 Å². The van der Waals surface area contributed by atoms with E-state index in [1.807, 2.05) is 0 Å². The largest absolute Gasteiger partial charge is 0.444 e. The Morgan fingerprint density at radius 2 is 1.71 bits per heavy atom. The number of nitrogens with zero attached hydrogens (tertiary/aromatic N) is 1. The number of rotatable bonds is 4. The lowest BCUT2D eigenvalue weighted by atomic mass is 10.1. The van der Waals surface area contributed by atoms with E-state index in [0.717, 1.165) is 18.2 Å². The molecule has 5 nitrogen and oxygen atoms in total. The van der Waals surface area contributed by atoms with Crippen molar-refractivity contribution in [2.45, 2.75) is 13.0 Å². The standard InChI is InChI=1S/C14H12F2N2O3/c1-8(17)9-4-2-5-10(15)13(9)21-14-11(16)6-3-7-12(14)18(19)20/h2-8H,17H2,1H3/t8-/m1/s1. The van der Waals surface area contributed by atoms with Crippen LogP contribution in [-0.4, -0.2) is 4.92 Å². The minimum absolute atomic E-state index is 0.285. The molecule has 0 amide bonds. The van der Waals surface area contributed by atoms with Crippen LogP contribution in [0.15, 0.2) is 36.4 Å². The predicted octanol–water partition coefficient (Wildman–Crippen LogP) is 3.69. The van der Waals surface area contributed by atoms with Crippen molar-refractivity contribution in [2.24, 2.45) is 5.73 Å². The van der Waals surface area contributed by atoms with Crippen molar-refractivity contribution in [2.75, 3.05) is 0 Å². The Kier molecular flexibility index (Phi) is 4.13. The van der Waals surface area contributed by atoms with Crippen LogP contribution in [0, 0.1) is 21.7 Å². The molecule has 1 atom stereocenters. The summed E-state index contributed by atoms with van der Waals surface area (Å²) < 4.78 is 32.8. The zero-order valence-corrected chi connectivity index (χ0v) is 11.0. The van der Waals surface area contributed by atoms with Crippen molar-refractivity contribution in [1.29, 1.82) is 0 Å². The van der Waals surface area contributed by atoms with Crippen LogP contribution in [0.5, 0.6) is 11.5 Å². The molecule has 0 aliphatic heterocycles. The van der Waals surface area contributed by atoms with E-state index >= 15 is 0 Å². The first-order valence-corrected chi connectivity index (χ1v) is 6.06. The van der Waals surface area contributed by atoms with Gasteiger partial charge in [0.25, 0.3) is 0 Å². The molecule has 2 aromatic carbocycles. The molecule has 2 aromatic rings. The summed E-state index contributed by atoms with van der Waals surface area (Å²) in [5.41, 5.74) is 5.39. The van der Waals surface area contributed by atoms with Crippen LogP contribution >= 0.6 is 0 Å². The van der Waals surface area contributed by atoms with Crippen LogP contribution in [0.1, 0.15) is 18.5 Å². The fourth-order valence-corrected chi connectivity index (χ4v) is 1.84. The number of ether oxygens (including phenoxy) is 1. The van der Waals surface area contributed by atoms with Gasteiger partial charge >= 0.3 is 5.69 Å². The summed E-state index contributed by atoms with van der Waals surface area (Å²) in [4.78, 5) is 10.1. The number of hydrogen-bond donors (Lipinski definition) is 1. The van der Waals surface area contributed by atoms with Crippen molar-refractivity contribution in [1.82, 2.24) is 0 Å². The minimum atomic E-state index is -0.955. The maximum absolute atomic E-state index is 13.9. The van der Waals surface area contributed by atoms with E-state index < -0.39 is 34.0 Å². The van der Waals surface area contributed by atoms with Gasteiger partial charge in [-0.25, -0.2) is 8.78 Å². The number of benzene rings is 2. The zero-order chi connectivity index (χ0) is 15.6. The van der Waals surface area contributed by atoms with E-state index in [1.165, 1.54) is 18.2 Å². The molecule has 0 saturated heterocycles. The van der Waals surface area contributed by atoms with Crippen molar-refractivity contribution in [3.8, 4) is 11.5 Å². The molecule has 0 aliphatic carbocycles. The Labute approximate surface area is 119 Å². The molecule has 110 valence electrons. The van der Waals surface area contributed by atoms with E-state index in [2.05, 4.69) is 0 Å². The normalized spacial score (nSPS) is 12.0. The fourth-order valence-electron chi connectivity index (χ4n) is 1.84. The monoisotopic (exact) mass is 294 g/mol. The van der Waals surface area contributed by atoms with E-state index in [9.17, 15) is 18.9 Å². The highest BCUT2D eigenvalue weighted by Crippen LogP contribution is 2.37. The smallest absolute Gasteiger partial charge is 0.314 e. The van der Waals surface area contributed by atoms with Gasteiger partial charge in [0.1, 0.15) is 0 Å². The summed E-state index contributed by atoms with van der Waals surface area (Å²) >= 11 is 0. The second-order valence-electron chi connectivity index (χ2n) is 4.39. The molecule has 0 bridgehead atoms. The van der Waals surface area contributed by atoms with Crippen LogP contribution in [0.4, 0.5) is 14.5 Å². The number of hydrogen-bond acceptors (Lipinski definition) is 4. The zero-order valence-electron chi connectivity index (χ0n) is 11.0. The third-order valence-electron chi connectivity index (χ3n) is 2.84. The summed E-state index contributed by atoms with van der Waals surface area (Å²) in [6.07, 6.45) is 0. The Balaban J connectivity index is 2.56. The van der Waals surface area contributed by atoms with E-state index in [1.54, 1.807) is 6.92 Å². The van der Waals surface area contributed by atoms with E-state index in [4.69, 9.17) is 10.5 Å². The van der Waals surface area contributed by atoms with Gasteiger partial charge in [0.15, 0.2) is 17.4 Å². The summed E-state index contributed by atoms with van der Waals surface area (Å²) in [7, 11) is 0. The van der Waals surface area contributed by atoms with Gasteiger partial charge in [-0.05, 0) is 19.1 Å². The third-order valence-corrected chi connectivity index (χ3v) is 2.84. The van der Waals surface area contributed by atoms with Gasteiger partial charge in [0, 0.05) is 17.7 Å². The predicted molar refractivity (Wildman–Crippen MR) is 72.1 cm³/mol. The molecule has 21 heavy (non-hydrogen) atoms. The average molecular weight is 294 g/mol. The van der Waals surface area contributed by atoms with E-state index in [0.29, 0.717) is 0 Å². The lowest BCUT2D eigenvalue weighted by Crippen LogP contribution is -2.08. The summed E-state index contributed by atoms with van der Waals surface area (Å²) in [5, 5.41) is 10.9. The fraction of sp³-hybridized carbons (Fsp3) is 0.143. The van der Waals surface area contributed by atoms with Crippen LogP contribution in [0.3, 0.4) is 0 Å². The van der Waals surface area contributed by atoms with Gasteiger partial charge < -0.3 is 10.5 Å². The van der Waals surface area contributed by atoms with Crippen molar-refractivity contribution >= 4 is 5.69 Å². The van der Waals surface area contributed by atoms with Crippen LogP contribution in [0.2, 0.25) is 0 Å². The number of para-hydroxylation sites is 2. The highest BCUT2D eigenvalue weighted by molar-refractivity contribution is 5.50. The molecule has 0 aliphatic rings. The maximum atomic E-state index is 13.9. The van der Waals surface area contributed by atoms with Crippen molar-refractivity contribution < 1.29 is 18.4 Å². The van der Waals surface area contributed by atoms with Gasteiger partial charge in [-0.2, -0.15) is 0 Å². The molecule has 0 spiro atoms. The lowest BCUT2D eigenvalue weighted by Gasteiger charge is -2.14. The Morgan fingerprint density at radius 1 is 1.14 bits per heavy atom. The molecule has 0 fully saturated rings. The van der Waals surface area contributed by atoms with Crippen molar-refractivity contribution in [3.63, 3.8) is 0 Å². The second kappa shape index (κ2) is 5.84. The van der Waals surface area contributed by atoms with Gasteiger partial charge in [0.05, 0.1) is 4.92 Å². The first-order chi connectivity index (χ1) is 9.91. The number of halogens is 2. The molecular formula is C14H12F2N2O3. The Morgan fingerprint density at radius 3 is 2.29 bits per heavy atom. The Hall–Kier alpha value is -2.54. The van der Waals surface area contributed by atoms with Crippen LogP contribution in [-0.2, 0) is 0 Å². The first kappa shape index (κ1) is 14.9. The van der Waals surface area contributed by atoms with Gasteiger partial charge in [-0.3, -0.25) is 10.1 Å². The number of nitro groups is 1. The molecule has 0 unspecified atom stereocenters. The minimum Gasteiger partial charge on any atom is -0.444 e. The summed E-state index contributed by atoms with van der Waals surface area (Å²) in [5.74, 6) is -2.69. The number of nitro benzene ring substituents is 1. The highest BCUT2D eigenvalue weighted by atomic mass is 19.1. The third kappa shape index (κ3) is 2.97. The Bertz CT molecular complexity index is 690. The average Bonchev–Trinajstić information content (AvgIpc) is 2.42. The number of nitrogens with two attached hydrogens (primary N) is 1. The lowest BCUT2D eigenvalue weighted by molar-refractivity contribution is -0.385. The first-order valence-electron chi connectivity index (χ1n) is 6.06. The highest BCUT2D eigenvalue weighted by Gasteiger charge is 2.23. The quantitative estimate of drug-likeness (QED) is 0.689. The molecule has 0 heterocycles. The molecular weight excluding hydrogens is 282 g/mol.